The first-order valence-electron chi connectivity index (χ1n) is 2.92. The fourth-order valence-electron chi connectivity index (χ4n) is 0.684. The lowest BCUT2D eigenvalue weighted by molar-refractivity contribution is 0.0690. The molecule has 1 aromatic rings. The van der Waals surface area contributed by atoms with Gasteiger partial charge < -0.3 is 5.11 Å². The van der Waals surface area contributed by atoms with Gasteiger partial charge in [0.15, 0.2) is 5.69 Å². The molecule has 0 saturated carbocycles. The van der Waals surface area contributed by atoms with E-state index in [1.807, 2.05) is 6.92 Å². The Hall–Kier alpha value is -0.900. The monoisotopic (exact) mass is 157 g/mol. The topological polar surface area (TPSA) is 50.2 Å². The van der Waals surface area contributed by atoms with Crippen LogP contribution in [0.3, 0.4) is 0 Å². The molecule has 0 aromatic carbocycles. The van der Waals surface area contributed by atoms with E-state index >= 15 is 0 Å². The summed E-state index contributed by atoms with van der Waals surface area (Å²) in [6, 6.07) is 0. The van der Waals surface area contributed by atoms with Crippen molar-refractivity contribution in [1.29, 1.82) is 0 Å². The molecule has 0 fully saturated rings. The van der Waals surface area contributed by atoms with E-state index in [1.165, 1.54) is 11.5 Å². The van der Waals surface area contributed by atoms with E-state index in [0.717, 1.165) is 12.0 Å². The third-order valence-electron chi connectivity index (χ3n) is 1.23. The average molecular weight is 157 g/mol. The van der Waals surface area contributed by atoms with Gasteiger partial charge in [-0.25, -0.2) is 4.79 Å². The van der Waals surface area contributed by atoms with Gasteiger partial charge in [-0.05, 0) is 23.5 Å². The van der Waals surface area contributed by atoms with Crippen LogP contribution >= 0.6 is 11.5 Å². The molecule has 1 N–H and O–H groups in total. The van der Waals surface area contributed by atoms with Gasteiger partial charge in [0.2, 0.25) is 0 Å². The molecular formula is C6H7NO2S. The summed E-state index contributed by atoms with van der Waals surface area (Å²) >= 11 is 1.19. The number of carbonyl (C=O) groups is 1. The third-order valence-corrected chi connectivity index (χ3v) is 1.90. The van der Waals surface area contributed by atoms with Crippen LogP contribution in [-0.4, -0.2) is 15.4 Å². The summed E-state index contributed by atoms with van der Waals surface area (Å²) in [6.07, 6.45) is 0.734. The van der Waals surface area contributed by atoms with E-state index in [9.17, 15) is 4.79 Å². The Kier molecular flexibility index (Phi) is 2.01. The molecule has 0 saturated heterocycles. The molecule has 0 spiro atoms. The summed E-state index contributed by atoms with van der Waals surface area (Å²) in [6.45, 7) is 1.91. The molecule has 0 aliphatic rings. The Morgan fingerprint density at radius 1 is 1.90 bits per heavy atom. The van der Waals surface area contributed by atoms with Crippen molar-refractivity contribution in [2.24, 2.45) is 0 Å². The SMILES string of the molecule is CCc1csnc1C(=O)O. The zero-order chi connectivity index (χ0) is 7.56. The van der Waals surface area contributed by atoms with E-state index in [1.54, 1.807) is 5.38 Å². The Balaban J connectivity index is 3.01. The summed E-state index contributed by atoms with van der Waals surface area (Å²) in [7, 11) is 0. The average Bonchev–Trinajstić information content (AvgIpc) is 2.33. The predicted octanol–water partition coefficient (Wildman–Crippen LogP) is 1.40. The van der Waals surface area contributed by atoms with Gasteiger partial charge in [-0.3, -0.25) is 0 Å². The minimum absolute atomic E-state index is 0.201. The molecule has 0 bridgehead atoms. The lowest BCUT2D eigenvalue weighted by Gasteiger charge is -1.89. The van der Waals surface area contributed by atoms with E-state index in [0.29, 0.717) is 0 Å². The van der Waals surface area contributed by atoms with Crippen LogP contribution in [0.25, 0.3) is 0 Å². The second-order valence-corrected chi connectivity index (χ2v) is 2.48. The lowest BCUT2D eigenvalue weighted by atomic mass is 10.2. The van der Waals surface area contributed by atoms with Gasteiger partial charge in [0.05, 0.1) is 0 Å². The number of carboxylic acid groups (broad SMARTS) is 1. The van der Waals surface area contributed by atoms with Gasteiger partial charge in [0, 0.05) is 5.38 Å². The fraction of sp³-hybridized carbons (Fsp3) is 0.333. The van der Waals surface area contributed by atoms with E-state index in [-0.39, 0.29) is 5.69 Å². The maximum absolute atomic E-state index is 10.4. The number of carboxylic acids is 1. The van der Waals surface area contributed by atoms with E-state index in [2.05, 4.69) is 4.37 Å². The highest BCUT2D eigenvalue weighted by Crippen LogP contribution is 2.10. The van der Waals surface area contributed by atoms with Crippen molar-refractivity contribution in [3.8, 4) is 0 Å². The molecule has 0 aliphatic heterocycles. The van der Waals surface area contributed by atoms with Crippen molar-refractivity contribution in [1.82, 2.24) is 4.37 Å². The number of aromatic carboxylic acids is 1. The summed E-state index contributed by atoms with van der Waals surface area (Å²) in [4.78, 5) is 10.4. The predicted molar refractivity (Wildman–Crippen MR) is 38.5 cm³/mol. The Bertz CT molecular complexity index is 244. The van der Waals surface area contributed by atoms with Gasteiger partial charge in [-0.1, -0.05) is 6.92 Å². The van der Waals surface area contributed by atoms with Crippen molar-refractivity contribution in [2.45, 2.75) is 13.3 Å². The first-order valence-corrected chi connectivity index (χ1v) is 3.76. The molecule has 0 amide bonds. The van der Waals surface area contributed by atoms with Crippen LogP contribution in [-0.2, 0) is 6.42 Å². The Labute approximate surface area is 62.5 Å². The molecule has 0 aliphatic carbocycles. The highest BCUT2D eigenvalue weighted by Gasteiger charge is 2.10. The lowest BCUT2D eigenvalue weighted by Crippen LogP contribution is -1.99. The minimum Gasteiger partial charge on any atom is -0.476 e. The minimum atomic E-state index is -0.932. The van der Waals surface area contributed by atoms with Crippen LogP contribution in [0.4, 0.5) is 0 Å². The van der Waals surface area contributed by atoms with Crippen molar-refractivity contribution in [2.75, 3.05) is 0 Å². The second-order valence-electron chi connectivity index (χ2n) is 1.85. The molecule has 0 radical (unpaired) electrons. The summed E-state index contributed by atoms with van der Waals surface area (Å²) in [5, 5.41) is 10.3. The molecule has 1 aromatic heterocycles. The smallest absolute Gasteiger partial charge is 0.355 e. The zero-order valence-electron chi connectivity index (χ0n) is 5.50. The van der Waals surface area contributed by atoms with Crippen molar-refractivity contribution in [3.05, 3.63) is 16.6 Å². The molecule has 0 unspecified atom stereocenters. The normalized spacial score (nSPS) is 9.70. The fourth-order valence-corrected chi connectivity index (χ4v) is 1.44. The third kappa shape index (κ3) is 1.16. The Morgan fingerprint density at radius 2 is 2.60 bits per heavy atom. The largest absolute Gasteiger partial charge is 0.476 e. The maximum Gasteiger partial charge on any atom is 0.355 e. The van der Waals surface area contributed by atoms with Crippen molar-refractivity contribution >= 4 is 17.5 Å². The van der Waals surface area contributed by atoms with Crippen LogP contribution in [0.2, 0.25) is 0 Å². The first kappa shape index (κ1) is 7.21. The van der Waals surface area contributed by atoms with Crippen LogP contribution in [0.1, 0.15) is 23.0 Å². The number of nitrogens with zero attached hydrogens (tertiary/aromatic N) is 1. The van der Waals surface area contributed by atoms with E-state index in [4.69, 9.17) is 5.11 Å². The molecule has 1 heterocycles. The van der Waals surface area contributed by atoms with Crippen molar-refractivity contribution < 1.29 is 9.90 Å². The molecule has 4 heteroatoms. The number of aromatic nitrogens is 1. The van der Waals surface area contributed by atoms with E-state index < -0.39 is 5.97 Å². The molecule has 0 atom stereocenters. The number of hydrogen-bond acceptors (Lipinski definition) is 3. The second kappa shape index (κ2) is 2.79. The molecule has 3 nitrogen and oxygen atoms in total. The van der Waals surface area contributed by atoms with Gasteiger partial charge in [0.25, 0.3) is 0 Å². The highest BCUT2D eigenvalue weighted by atomic mass is 32.1. The summed E-state index contributed by atoms with van der Waals surface area (Å²) in [5.41, 5.74) is 1.02. The Morgan fingerprint density at radius 3 is 3.00 bits per heavy atom. The van der Waals surface area contributed by atoms with Crippen molar-refractivity contribution in [3.63, 3.8) is 0 Å². The quantitative estimate of drug-likeness (QED) is 0.706. The molecular weight excluding hydrogens is 150 g/mol. The number of aryl methyl sites for hydroxylation is 1. The van der Waals surface area contributed by atoms with Gasteiger partial charge in [-0.2, -0.15) is 4.37 Å². The standard InChI is InChI=1S/C6H7NO2S/c1-2-4-3-10-7-5(4)6(8)9/h3H,2H2,1H3,(H,8,9). The van der Waals surface area contributed by atoms with Gasteiger partial charge >= 0.3 is 5.97 Å². The molecule has 1 rings (SSSR count). The summed E-state index contributed by atoms with van der Waals surface area (Å²) in [5.74, 6) is -0.932. The number of rotatable bonds is 2. The van der Waals surface area contributed by atoms with Crippen LogP contribution < -0.4 is 0 Å². The highest BCUT2D eigenvalue weighted by molar-refractivity contribution is 7.03. The zero-order valence-corrected chi connectivity index (χ0v) is 6.31. The van der Waals surface area contributed by atoms with Gasteiger partial charge in [0.1, 0.15) is 0 Å². The van der Waals surface area contributed by atoms with Crippen LogP contribution in [0.5, 0.6) is 0 Å². The van der Waals surface area contributed by atoms with Crippen LogP contribution in [0, 0.1) is 0 Å². The van der Waals surface area contributed by atoms with Crippen LogP contribution in [0.15, 0.2) is 5.38 Å². The maximum atomic E-state index is 10.4. The first-order chi connectivity index (χ1) is 4.75. The molecule has 10 heavy (non-hydrogen) atoms. The molecule has 54 valence electrons. The van der Waals surface area contributed by atoms with Gasteiger partial charge in [-0.15, -0.1) is 0 Å². The number of hydrogen-bond donors (Lipinski definition) is 1. The summed E-state index contributed by atoms with van der Waals surface area (Å²) < 4.78 is 3.73.